The van der Waals surface area contributed by atoms with E-state index in [2.05, 4.69) is 20.1 Å². The van der Waals surface area contributed by atoms with E-state index in [0.717, 1.165) is 31.9 Å². The SMILES string of the molecule is O=C(Nc1cccnc1)[C@@H]1CO[C@H]2CN(CCN3CCCCC3)C[C@H]21. The van der Waals surface area contributed by atoms with E-state index in [0.29, 0.717) is 12.5 Å². The summed E-state index contributed by atoms with van der Waals surface area (Å²) in [4.78, 5) is 21.7. The van der Waals surface area contributed by atoms with Crippen molar-refractivity contribution >= 4 is 11.6 Å². The Bertz CT molecular complexity index is 576. The third-order valence-corrected chi connectivity index (χ3v) is 5.84. The molecule has 0 aliphatic carbocycles. The van der Waals surface area contributed by atoms with Crippen LogP contribution in [0.4, 0.5) is 5.69 Å². The highest BCUT2D eigenvalue weighted by molar-refractivity contribution is 5.92. The smallest absolute Gasteiger partial charge is 0.230 e. The van der Waals surface area contributed by atoms with Crippen molar-refractivity contribution in [3.05, 3.63) is 24.5 Å². The minimum Gasteiger partial charge on any atom is -0.376 e. The second kappa shape index (κ2) is 7.81. The van der Waals surface area contributed by atoms with Crippen LogP contribution in [0.25, 0.3) is 0 Å². The third-order valence-electron chi connectivity index (χ3n) is 5.84. The highest BCUT2D eigenvalue weighted by atomic mass is 16.5. The monoisotopic (exact) mass is 344 g/mol. The van der Waals surface area contributed by atoms with Gasteiger partial charge in [0.2, 0.25) is 5.91 Å². The second-order valence-corrected chi connectivity index (χ2v) is 7.53. The average molecular weight is 344 g/mol. The maximum atomic E-state index is 12.6. The Morgan fingerprint density at radius 1 is 1.20 bits per heavy atom. The molecule has 6 nitrogen and oxygen atoms in total. The number of pyridine rings is 1. The minimum atomic E-state index is -0.0507. The fourth-order valence-electron chi connectivity index (χ4n) is 4.38. The van der Waals surface area contributed by atoms with E-state index in [9.17, 15) is 4.79 Å². The summed E-state index contributed by atoms with van der Waals surface area (Å²) >= 11 is 0. The molecule has 3 fully saturated rings. The van der Waals surface area contributed by atoms with Gasteiger partial charge in [-0.3, -0.25) is 14.7 Å². The zero-order chi connectivity index (χ0) is 17.1. The van der Waals surface area contributed by atoms with E-state index in [1.54, 1.807) is 12.4 Å². The first-order chi connectivity index (χ1) is 12.3. The number of hydrogen-bond donors (Lipinski definition) is 1. The Balaban J connectivity index is 1.28. The molecular formula is C19H28N4O2. The summed E-state index contributed by atoms with van der Waals surface area (Å²) in [6.07, 6.45) is 7.67. The number of nitrogens with one attached hydrogen (secondary N) is 1. The van der Waals surface area contributed by atoms with Gasteiger partial charge in [-0.2, -0.15) is 0 Å². The number of rotatable bonds is 5. The molecule has 1 amide bonds. The number of nitrogens with zero attached hydrogens (tertiary/aromatic N) is 3. The molecule has 1 aromatic rings. The van der Waals surface area contributed by atoms with Gasteiger partial charge in [0, 0.05) is 38.3 Å². The van der Waals surface area contributed by atoms with Gasteiger partial charge in [-0.15, -0.1) is 0 Å². The van der Waals surface area contributed by atoms with Gasteiger partial charge in [-0.1, -0.05) is 6.42 Å². The van der Waals surface area contributed by atoms with Crippen molar-refractivity contribution in [1.82, 2.24) is 14.8 Å². The number of carbonyl (C=O) groups excluding carboxylic acids is 1. The fraction of sp³-hybridized carbons (Fsp3) is 0.684. The molecule has 1 aromatic heterocycles. The van der Waals surface area contributed by atoms with Gasteiger partial charge in [0.05, 0.1) is 30.5 Å². The lowest BCUT2D eigenvalue weighted by molar-refractivity contribution is -0.120. The molecule has 136 valence electrons. The van der Waals surface area contributed by atoms with Gasteiger partial charge in [0.25, 0.3) is 0 Å². The summed E-state index contributed by atoms with van der Waals surface area (Å²) in [7, 11) is 0. The summed E-state index contributed by atoms with van der Waals surface area (Å²) in [5.74, 6) is 0.335. The first-order valence-electron chi connectivity index (χ1n) is 9.57. The number of fused-ring (bicyclic) bond motifs is 1. The van der Waals surface area contributed by atoms with E-state index in [-0.39, 0.29) is 17.9 Å². The lowest BCUT2D eigenvalue weighted by Gasteiger charge is -2.28. The van der Waals surface area contributed by atoms with E-state index in [4.69, 9.17) is 4.74 Å². The van der Waals surface area contributed by atoms with E-state index >= 15 is 0 Å². The summed E-state index contributed by atoms with van der Waals surface area (Å²) in [6, 6.07) is 3.71. The number of ether oxygens (including phenoxy) is 1. The molecule has 25 heavy (non-hydrogen) atoms. The third kappa shape index (κ3) is 4.02. The van der Waals surface area contributed by atoms with E-state index in [1.807, 2.05) is 12.1 Å². The highest BCUT2D eigenvalue weighted by Gasteiger charge is 2.46. The number of carbonyl (C=O) groups is 1. The standard InChI is InChI=1S/C19H28N4O2/c24-19(21-15-5-4-6-20-11-15)17-14-25-18-13-23(12-16(17)18)10-9-22-7-2-1-3-8-22/h4-6,11,16-18H,1-3,7-10,12-14H2,(H,21,24)/t16-,17+,18-/m0/s1. The summed E-state index contributed by atoms with van der Waals surface area (Å²) in [5.41, 5.74) is 0.760. The number of piperidine rings is 1. The predicted molar refractivity (Wildman–Crippen MR) is 96.3 cm³/mol. The lowest BCUT2D eigenvalue weighted by Crippen LogP contribution is -2.38. The quantitative estimate of drug-likeness (QED) is 0.876. The largest absolute Gasteiger partial charge is 0.376 e. The Hall–Kier alpha value is -1.50. The Labute approximate surface area is 149 Å². The molecule has 0 spiro atoms. The molecule has 0 radical (unpaired) electrons. The molecule has 3 atom stereocenters. The van der Waals surface area contributed by atoms with Crippen LogP contribution < -0.4 is 5.32 Å². The fourth-order valence-corrected chi connectivity index (χ4v) is 4.38. The van der Waals surface area contributed by atoms with Crippen molar-refractivity contribution in [2.24, 2.45) is 11.8 Å². The van der Waals surface area contributed by atoms with Crippen molar-refractivity contribution in [3.63, 3.8) is 0 Å². The van der Waals surface area contributed by atoms with Gasteiger partial charge in [0.15, 0.2) is 0 Å². The van der Waals surface area contributed by atoms with Gasteiger partial charge >= 0.3 is 0 Å². The van der Waals surface area contributed by atoms with Crippen LogP contribution in [0.15, 0.2) is 24.5 Å². The number of likely N-dealkylation sites (tertiary alicyclic amines) is 2. The van der Waals surface area contributed by atoms with Crippen LogP contribution in [0.5, 0.6) is 0 Å². The number of anilines is 1. The van der Waals surface area contributed by atoms with Gasteiger partial charge in [0.1, 0.15) is 0 Å². The maximum Gasteiger partial charge on any atom is 0.230 e. The van der Waals surface area contributed by atoms with Gasteiger partial charge in [-0.25, -0.2) is 0 Å². The molecular weight excluding hydrogens is 316 g/mol. The molecule has 0 saturated carbocycles. The van der Waals surface area contributed by atoms with Crippen molar-refractivity contribution in [3.8, 4) is 0 Å². The first kappa shape index (κ1) is 16.9. The van der Waals surface area contributed by atoms with Crippen molar-refractivity contribution in [2.45, 2.75) is 25.4 Å². The number of amides is 1. The average Bonchev–Trinajstić information content (AvgIpc) is 3.22. The Kier molecular flexibility index (Phi) is 5.29. The van der Waals surface area contributed by atoms with Crippen molar-refractivity contribution in [2.75, 3.05) is 51.2 Å². The van der Waals surface area contributed by atoms with E-state index < -0.39 is 0 Å². The van der Waals surface area contributed by atoms with Crippen LogP contribution in [0.2, 0.25) is 0 Å². The zero-order valence-electron chi connectivity index (χ0n) is 14.8. The summed E-state index contributed by atoms with van der Waals surface area (Å²) < 4.78 is 5.94. The van der Waals surface area contributed by atoms with Crippen LogP contribution >= 0.6 is 0 Å². The summed E-state index contributed by atoms with van der Waals surface area (Å²) in [6.45, 7) is 7.21. The van der Waals surface area contributed by atoms with Crippen LogP contribution in [0, 0.1) is 11.8 Å². The predicted octanol–water partition coefficient (Wildman–Crippen LogP) is 1.45. The molecule has 0 unspecified atom stereocenters. The molecule has 4 rings (SSSR count). The molecule has 3 saturated heterocycles. The minimum absolute atomic E-state index is 0.0507. The molecule has 0 bridgehead atoms. The van der Waals surface area contributed by atoms with Gasteiger partial charge in [-0.05, 0) is 38.1 Å². The van der Waals surface area contributed by atoms with E-state index in [1.165, 1.54) is 32.4 Å². The van der Waals surface area contributed by atoms with Crippen LogP contribution in [0.1, 0.15) is 19.3 Å². The zero-order valence-corrected chi connectivity index (χ0v) is 14.8. The van der Waals surface area contributed by atoms with Crippen LogP contribution in [0.3, 0.4) is 0 Å². The number of hydrogen-bond acceptors (Lipinski definition) is 5. The topological polar surface area (TPSA) is 57.7 Å². The van der Waals surface area contributed by atoms with Gasteiger partial charge < -0.3 is 15.0 Å². The second-order valence-electron chi connectivity index (χ2n) is 7.53. The summed E-state index contributed by atoms with van der Waals surface area (Å²) in [5, 5.41) is 2.99. The highest BCUT2D eigenvalue weighted by Crippen LogP contribution is 2.34. The van der Waals surface area contributed by atoms with Crippen LogP contribution in [-0.4, -0.2) is 72.7 Å². The molecule has 1 N–H and O–H groups in total. The lowest BCUT2D eigenvalue weighted by atomic mass is 9.92. The van der Waals surface area contributed by atoms with Crippen molar-refractivity contribution < 1.29 is 9.53 Å². The van der Waals surface area contributed by atoms with Crippen molar-refractivity contribution in [1.29, 1.82) is 0 Å². The van der Waals surface area contributed by atoms with Crippen LogP contribution in [-0.2, 0) is 9.53 Å². The Morgan fingerprint density at radius 3 is 2.84 bits per heavy atom. The first-order valence-corrected chi connectivity index (χ1v) is 9.57. The maximum absolute atomic E-state index is 12.6. The molecule has 4 heterocycles. The molecule has 6 heteroatoms. The molecule has 0 aromatic carbocycles. The Morgan fingerprint density at radius 2 is 2.04 bits per heavy atom. The normalized spacial score (nSPS) is 30.3. The molecule has 3 aliphatic heterocycles. The number of aromatic nitrogens is 1. The molecule has 3 aliphatic rings.